The average Bonchev–Trinajstić information content (AvgIpc) is 3.03. The molecule has 0 unspecified atom stereocenters. The first-order valence-electron chi connectivity index (χ1n) is 8.27. The molecule has 0 spiro atoms. The van der Waals surface area contributed by atoms with Crippen molar-refractivity contribution in [2.45, 2.75) is 44.6 Å². The fraction of sp³-hybridized carbons (Fsp3) is 0.688. The van der Waals surface area contributed by atoms with Gasteiger partial charge in [-0.3, -0.25) is 0 Å². The third-order valence-corrected chi connectivity index (χ3v) is 4.90. The zero-order valence-corrected chi connectivity index (χ0v) is 13.0. The molecule has 0 radical (unpaired) electrons. The van der Waals surface area contributed by atoms with E-state index < -0.39 is 0 Å². The standard InChI is InChI=1S/C16H24N6/c17-8-13-10-20-16(21-15(13)18)19-9-12-6-7-22(11-12)14-4-2-1-3-5-14/h10,12,14H,1-7,9,11H2,(H3,18,19,20,21)/t12-/m0/s1. The Bertz CT molecular complexity index is 546. The van der Waals surface area contributed by atoms with Crippen molar-refractivity contribution in [2.75, 3.05) is 30.7 Å². The van der Waals surface area contributed by atoms with Crippen molar-refractivity contribution in [1.29, 1.82) is 5.26 Å². The smallest absolute Gasteiger partial charge is 0.224 e. The number of nitriles is 1. The van der Waals surface area contributed by atoms with E-state index in [1.54, 1.807) is 0 Å². The van der Waals surface area contributed by atoms with E-state index >= 15 is 0 Å². The van der Waals surface area contributed by atoms with E-state index in [0.29, 0.717) is 17.4 Å². The highest BCUT2D eigenvalue weighted by atomic mass is 15.2. The third kappa shape index (κ3) is 3.47. The number of hydrogen-bond acceptors (Lipinski definition) is 6. The van der Waals surface area contributed by atoms with Crippen molar-refractivity contribution < 1.29 is 0 Å². The van der Waals surface area contributed by atoms with Gasteiger partial charge in [0.2, 0.25) is 5.95 Å². The summed E-state index contributed by atoms with van der Waals surface area (Å²) in [5.41, 5.74) is 6.04. The molecular weight excluding hydrogens is 276 g/mol. The van der Waals surface area contributed by atoms with Gasteiger partial charge in [-0.25, -0.2) is 4.98 Å². The number of nitrogens with two attached hydrogens (primary N) is 1. The van der Waals surface area contributed by atoms with Crippen molar-refractivity contribution in [3.63, 3.8) is 0 Å². The van der Waals surface area contributed by atoms with E-state index in [1.165, 1.54) is 57.8 Å². The lowest BCUT2D eigenvalue weighted by molar-refractivity contribution is 0.186. The van der Waals surface area contributed by atoms with Crippen LogP contribution in [0.2, 0.25) is 0 Å². The molecule has 1 saturated heterocycles. The van der Waals surface area contributed by atoms with Gasteiger partial charge in [-0.1, -0.05) is 19.3 Å². The van der Waals surface area contributed by atoms with Crippen LogP contribution in [0.3, 0.4) is 0 Å². The van der Waals surface area contributed by atoms with Crippen LogP contribution in [0.15, 0.2) is 6.20 Å². The molecule has 1 aromatic heterocycles. The predicted octanol–water partition coefficient (Wildman–Crippen LogP) is 2.00. The van der Waals surface area contributed by atoms with Gasteiger partial charge in [-0.05, 0) is 31.7 Å². The van der Waals surface area contributed by atoms with E-state index in [2.05, 4.69) is 20.2 Å². The molecular formula is C16H24N6. The summed E-state index contributed by atoms with van der Waals surface area (Å²) in [4.78, 5) is 10.9. The van der Waals surface area contributed by atoms with Crippen LogP contribution in [0.5, 0.6) is 0 Å². The maximum absolute atomic E-state index is 8.83. The summed E-state index contributed by atoms with van der Waals surface area (Å²) in [6.07, 6.45) is 9.64. The number of nitrogens with one attached hydrogen (secondary N) is 1. The molecule has 6 heteroatoms. The number of aromatic nitrogens is 2. The highest BCUT2D eigenvalue weighted by molar-refractivity contribution is 5.49. The van der Waals surface area contributed by atoms with E-state index in [-0.39, 0.29) is 5.82 Å². The minimum atomic E-state index is 0.246. The molecule has 2 fully saturated rings. The Hall–Kier alpha value is -1.87. The lowest BCUT2D eigenvalue weighted by Crippen LogP contribution is -2.35. The fourth-order valence-corrected chi connectivity index (χ4v) is 3.61. The fourth-order valence-electron chi connectivity index (χ4n) is 3.61. The van der Waals surface area contributed by atoms with Crippen LogP contribution in [-0.4, -0.2) is 40.5 Å². The number of rotatable bonds is 4. The van der Waals surface area contributed by atoms with Crippen molar-refractivity contribution in [2.24, 2.45) is 5.92 Å². The van der Waals surface area contributed by atoms with Gasteiger partial charge in [0.05, 0.1) is 6.20 Å². The quantitative estimate of drug-likeness (QED) is 0.883. The van der Waals surface area contributed by atoms with Gasteiger partial charge < -0.3 is 16.0 Å². The summed E-state index contributed by atoms with van der Waals surface area (Å²) < 4.78 is 0. The normalized spacial score (nSPS) is 23.3. The lowest BCUT2D eigenvalue weighted by Gasteiger charge is -2.31. The Kier molecular flexibility index (Phi) is 4.74. The van der Waals surface area contributed by atoms with Gasteiger partial charge in [-0.15, -0.1) is 0 Å². The number of nitrogen functional groups attached to an aromatic ring is 1. The summed E-state index contributed by atoms with van der Waals surface area (Å²) in [5.74, 6) is 1.41. The molecule has 22 heavy (non-hydrogen) atoms. The number of hydrogen-bond donors (Lipinski definition) is 2. The molecule has 1 aliphatic carbocycles. The van der Waals surface area contributed by atoms with Crippen molar-refractivity contribution in [1.82, 2.24) is 14.9 Å². The monoisotopic (exact) mass is 300 g/mol. The first-order valence-corrected chi connectivity index (χ1v) is 8.27. The average molecular weight is 300 g/mol. The SMILES string of the molecule is N#Cc1cnc(NC[C@@H]2CCN(C3CCCCC3)C2)nc1N. The zero-order valence-electron chi connectivity index (χ0n) is 13.0. The van der Waals surface area contributed by atoms with E-state index in [9.17, 15) is 0 Å². The van der Waals surface area contributed by atoms with Crippen LogP contribution >= 0.6 is 0 Å². The molecule has 1 aromatic rings. The van der Waals surface area contributed by atoms with E-state index in [1.807, 2.05) is 6.07 Å². The van der Waals surface area contributed by atoms with E-state index in [4.69, 9.17) is 11.0 Å². The molecule has 6 nitrogen and oxygen atoms in total. The molecule has 1 atom stereocenters. The van der Waals surface area contributed by atoms with Crippen molar-refractivity contribution in [3.8, 4) is 6.07 Å². The summed E-state index contributed by atoms with van der Waals surface area (Å²) in [5, 5.41) is 12.1. The highest BCUT2D eigenvalue weighted by Gasteiger charge is 2.28. The van der Waals surface area contributed by atoms with Gasteiger partial charge in [0.15, 0.2) is 0 Å². The molecule has 3 rings (SSSR count). The Morgan fingerprint density at radius 3 is 2.86 bits per heavy atom. The summed E-state index contributed by atoms with van der Waals surface area (Å²) in [6, 6.07) is 2.78. The molecule has 118 valence electrons. The van der Waals surface area contributed by atoms with Gasteiger partial charge in [0.25, 0.3) is 0 Å². The van der Waals surface area contributed by atoms with Gasteiger partial charge in [0, 0.05) is 19.1 Å². The Morgan fingerprint density at radius 2 is 2.14 bits per heavy atom. The Labute approximate surface area is 131 Å². The van der Waals surface area contributed by atoms with Gasteiger partial charge >= 0.3 is 0 Å². The molecule has 1 aliphatic heterocycles. The van der Waals surface area contributed by atoms with Gasteiger partial charge in [0.1, 0.15) is 17.5 Å². The topological polar surface area (TPSA) is 90.9 Å². The first kappa shape index (κ1) is 15.0. The third-order valence-electron chi connectivity index (χ3n) is 4.90. The second kappa shape index (κ2) is 6.93. The molecule has 0 amide bonds. The summed E-state index contributed by atoms with van der Waals surface area (Å²) >= 11 is 0. The molecule has 3 N–H and O–H groups in total. The van der Waals surface area contributed by atoms with Crippen molar-refractivity contribution in [3.05, 3.63) is 11.8 Å². The molecule has 0 bridgehead atoms. The number of anilines is 2. The molecule has 2 aliphatic rings. The minimum Gasteiger partial charge on any atom is -0.382 e. The summed E-state index contributed by atoms with van der Waals surface area (Å²) in [7, 11) is 0. The molecule has 0 aromatic carbocycles. The van der Waals surface area contributed by atoms with Crippen LogP contribution in [0.4, 0.5) is 11.8 Å². The minimum absolute atomic E-state index is 0.246. The largest absolute Gasteiger partial charge is 0.382 e. The van der Waals surface area contributed by atoms with Crippen LogP contribution < -0.4 is 11.1 Å². The van der Waals surface area contributed by atoms with Gasteiger partial charge in [-0.2, -0.15) is 10.2 Å². The maximum atomic E-state index is 8.83. The highest BCUT2D eigenvalue weighted by Crippen LogP contribution is 2.27. The molecule has 1 saturated carbocycles. The Morgan fingerprint density at radius 1 is 1.32 bits per heavy atom. The van der Waals surface area contributed by atoms with Crippen LogP contribution in [-0.2, 0) is 0 Å². The van der Waals surface area contributed by atoms with Crippen molar-refractivity contribution >= 4 is 11.8 Å². The maximum Gasteiger partial charge on any atom is 0.224 e. The van der Waals surface area contributed by atoms with E-state index in [0.717, 1.165) is 12.6 Å². The number of nitrogens with zero attached hydrogens (tertiary/aromatic N) is 4. The van der Waals surface area contributed by atoms with Crippen LogP contribution in [0, 0.1) is 17.2 Å². The Balaban J connectivity index is 1.48. The second-order valence-electron chi connectivity index (χ2n) is 6.43. The second-order valence-corrected chi connectivity index (χ2v) is 6.43. The number of likely N-dealkylation sites (tertiary alicyclic amines) is 1. The predicted molar refractivity (Wildman–Crippen MR) is 86.2 cm³/mol. The van der Waals surface area contributed by atoms with Crippen LogP contribution in [0.1, 0.15) is 44.1 Å². The molecule has 2 heterocycles. The first-order chi connectivity index (χ1) is 10.8. The zero-order chi connectivity index (χ0) is 15.4. The van der Waals surface area contributed by atoms with Crippen LogP contribution in [0.25, 0.3) is 0 Å². The summed E-state index contributed by atoms with van der Waals surface area (Å²) in [6.45, 7) is 3.26. The lowest BCUT2D eigenvalue weighted by atomic mass is 9.94.